The highest BCUT2D eigenvalue weighted by Gasteiger charge is 2.07. The summed E-state index contributed by atoms with van der Waals surface area (Å²) in [4.78, 5) is 12.2. The average molecular weight is 235 g/mol. The standard InChI is InChI=1S/C9H13N7O/c1-5-8(12-4-13-9(5)15-10)11-3-7-14-6(2)17-16-7/h4H,3,10H2,1-2H3,(H2,11,12,13,15). The molecular formula is C9H13N7O. The van der Waals surface area contributed by atoms with Crippen LogP contribution >= 0.6 is 0 Å². The van der Waals surface area contributed by atoms with E-state index in [0.29, 0.717) is 29.9 Å². The number of hydrogen-bond donors (Lipinski definition) is 3. The van der Waals surface area contributed by atoms with E-state index in [1.165, 1.54) is 6.33 Å². The third-order valence-corrected chi connectivity index (χ3v) is 2.20. The lowest BCUT2D eigenvalue weighted by Gasteiger charge is -2.09. The van der Waals surface area contributed by atoms with Gasteiger partial charge in [0.1, 0.15) is 18.0 Å². The van der Waals surface area contributed by atoms with Crippen molar-refractivity contribution >= 4 is 11.6 Å². The molecule has 0 saturated carbocycles. The van der Waals surface area contributed by atoms with Crippen molar-refractivity contribution in [3.05, 3.63) is 23.6 Å². The maximum absolute atomic E-state index is 5.32. The van der Waals surface area contributed by atoms with Gasteiger partial charge in [0.25, 0.3) is 0 Å². The Balaban J connectivity index is 2.09. The molecule has 0 atom stereocenters. The maximum atomic E-state index is 5.32. The van der Waals surface area contributed by atoms with Crippen LogP contribution in [0.15, 0.2) is 10.9 Å². The Kier molecular flexibility index (Phi) is 3.15. The fourth-order valence-electron chi connectivity index (χ4n) is 1.35. The van der Waals surface area contributed by atoms with Crippen molar-refractivity contribution in [1.82, 2.24) is 20.1 Å². The topological polar surface area (TPSA) is 115 Å². The summed E-state index contributed by atoms with van der Waals surface area (Å²) in [5.74, 6) is 7.68. The van der Waals surface area contributed by atoms with E-state index in [4.69, 9.17) is 10.4 Å². The molecule has 4 N–H and O–H groups in total. The first-order valence-corrected chi connectivity index (χ1v) is 5.02. The number of hydrazine groups is 1. The van der Waals surface area contributed by atoms with Gasteiger partial charge >= 0.3 is 0 Å². The van der Waals surface area contributed by atoms with Crippen LogP contribution in [0.25, 0.3) is 0 Å². The molecule has 0 aliphatic carbocycles. The largest absolute Gasteiger partial charge is 0.362 e. The molecule has 0 aliphatic rings. The van der Waals surface area contributed by atoms with Crippen molar-refractivity contribution in [1.29, 1.82) is 0 Å². The van der Waals surface area contributed by atoms with Crippen molar-refractivity contribution in [2.24, 2.45) is 5.84 Å². The first-order chi connectivity index (χ1) is 8.20. The molecule has 0 saturated heterocycles. The van der Waals surface area contributed by atoms with Gasteiger partial charge in [0.05, 0.1) is 6.54 Å². The van der Waals surface area contributed by atoms with Gasteiger partial charge in [-0.05, 0) is 6.92 Å². The van der Waals surface area contributed by atoms with Crippen LogP contribution in [0.1, 0.15) is 17.3 Å². The van der Waals surface area contributed by atoms with Gasteiger partial charge in [0.2, 0.25) is 5.89 Å². The van der Waals surface area contributed by atoms with E-state index in [1.807, 2.05) is 6.92 Å². The van der Waals surface area contributed by atoms with Crippen LogP contribution in [0.4, 0.5) is 11.6 Å². The van der Waals surface area contributed by atoms with Crippen LogP contribution in [0.2, 0.25) is 0 Å². The van der Waals surface area contributed by atoms with E-state index in [1.54, 1.807) is 6.92 Å². The molecule has 0 aromatic carbocycles. The summed E-state index contributed by atoms with van der Waals surface area (Å²) >= 11 is 0. The molecule has 0 fully saturated rings. The third kappa shape index (κ3) is 2.48. The molecule has 2 heterocycles. The molecule has 2 aromatic heterocycles. The Bertz CT molecular complexity index is 510. The van der Waals surface area contributed by atoms with Gasteiger partial charge in [-0.1, -0.05) is 5.16 Å². The minimum Gasteiger partial charge on any atom is -0.362 e. The predicted octanol–water partition coefficient (Wildman–Crippen LogP) is 0.374. The fourth-order valence-corrected chi connectivity index (χ4v) is 1.35. The van der Waals surface area contributed by atoms with E-state index in [9.17, 15) is 0 Å². The van der Waals surface area contributed by atoms with E-state index in [0.717, 1.165) is 5.56 Å². The van der Waals surface area contributed by atoms with Crippen molar-refractivity contribution in [2.75, 3.05) is 10.7 Å². The summed E-state index contributed by atoms with van der Waals surface area (Å²) in [6, 6.07) is 0. The quantitative estimate of drug-likeness (QED) is 0.514. The van der Waals surface area contributed by atoms with Crippen molar-refractivity contribution in [3.8, 4) is 0 Å². The zero-order chi connectivity index (χ0) is 12.3. The molecule has 0 amide bonds. The van der Waals surface area contributed by atoms with Gasteiger partial charge in [-0.15, -0.1) is 0 Å². The number of rotatable bonds is 4. The number of aryl methyl sites for hydroxylation is 1. The second kappa shape index (κ2) is 4.74. The van der Waals surface area contributed by atoms with Crippen LogP contribution in [0.3, 0.4) is 0 Å². The zero-order valence-corrected chi connectivity index (χ0v) is 9.56. The molecule has 17 heavy (non-hydrogen) atoms. The molecule has 8 nitrogen and oxygen atoms in total. The second-order valence-electron chi connectivity index (χ2n) is 3.42. The highest BCUT2D eigenvalue weighted by atomic mass is 16.5. The number of nitrogens with zero attached hydrogens (tertiary/aromatic N) is 4. The number of anilines is 2. The highest BCUT2D eigenvalue weighted by Crippen LogP contribution is 2.17. The lowest BCUT2D eigenvalue weighted by molar-refractivity contribution is 0.388. The Labute approximate surface area is 97.6 Å². The predicted molar refractivity (Wildman–Crippen MR) is 60.9 cm³/mol. The number of nitrogen functional groups attached to an aromatic ring is 1. The Morgan fingerprint density at radius 3 is 2.71 bits per heavy atom. The van der Waals surface area contributed by atoms with E-state index in [-0.39, 0.29) is 0 Å². The van der Waals surface area contributed by atoms with Crippen molar-refractivity contribution in [2.45, 2.75) is 20.4 Å². The van der Waals surface area contributed by atoms with Crippen molar-refractivity contribution < 1.29 is 4.52 Å². The number of nitrogens with two attached hydrogens (primary N) is 1. The lowest BCUT2D eigenvalue weighted by Crippen LogP contribution is -2.12. The lowest BCUT2D eigenvalue weighted by atomic mass is 10.3. The highest BCUT2D eigenvalue weighted by molar-refractivity contribution is 5.55. The molecule has 0 unspecified atom stereocenters. The van der Waals surface area contributed by atoms with Gasteiger partial charge in [0.15, 0.2) is 5.82 Å². The van der Waals surface area contributed by atoms with Crippen LogP contribution < -0.4 is 16.6 Å². The SMILES string of the molecule is Cc1nc(CNc2ncnc(NN)c2C)no1. The Morgan fingerprint density at radius 1 is 1.29 bits per heavy atom. The summed E-state index contributed by atoms with van der Waals surface area (Å²) < 4.78 is 4.86. The molecule has 0 aliphatic heterocycles. The monoisotopic (exact) mass is 235 g/mol. The van der Waals surface area contributed by atoms with E-state index < -0.39 is 0 Å². The second-order valence-corrected chi connectivity index (χ2v) is 3.42. The molecule has 2 rings (SSSR count). The third-order valence-electron chi connectivity index (χ3n) is 2.20. The molecule has 0 spiro atoms. The summed E-state index contributed by atoms with van der Waals surface area (Å²) in [5, 5.41) is 6.86. The minimum absolute atomic E-state index is 0.430. The number of aromatic nitrogens is 4. The smallest absolute Gasteiger partial charge is 0.223 e. The Morgan fingerprint density at radius 2 is 2.06 bits per heavy atom. The summed E-state index contributed by atoms with van der Waals surface area (Å²) in [7, 11) is 0. The fraction of sp³-hybridized carbons (Fsp3) is 0.333. The summed E-state index contributed by atoms with van der Waals surface area (Å²) in [5.41, 5.74) is 3.33. The summed E-state index contributed by atoms with van der Waals surface area (Å²) in [6.07, 6.45) is 1.42. The van der Waals surface area contributed by atoms with Gasteiger partial charge in [-0.2, -0.15) is 4.98 Å². The number of nitrogens with one attached hydrogen (secondary N) is 2. The van der Waals surface area contributed by atoms with Crippen LogP contribution in [0.5, 0.6) is 0 Å². The molecule has 2 aromatic rings. The van der Waals surface area contributed by atoms with Crippen LogP contribution in [0, 0.1) is 13.8 Å². The van der Waals surface area contributed by atoms with Gasteiger partial charge in [-0.3, -0.25) is 0 Å². The summed E-state index contributed by atoms with van der Waals surface area (Å²) in [6.45, 7) is 4.03. The molecular weight excluding hydrogens is 222 g/mol. The number of hydrogen-bond acceptors (Lipinski definition) is 8. The van der Waals surface area contributed by atoms with Crippen molar-refractivity contribution in [3.63, 3.8) is 0 Å². The Hall–Kier alpha value is -2.22. The first-order valence-electron chi connectivity index (χ1n) is 5.02. The minimum atomic E-state index is 0.430. The normalized spacial score (nSPS) is 10.3. The van der Waals surface area contributed by atoms with Gasteiger partial charge in [0, 0.05) is 12.5 Å². The molecule has 0 radical (unpaired) electrons. The van der Waals surface area contributed by atoms with Gasteiger partial charge < -0.3 is 15.3 Å². The maximum Gasteiger partial charge on any atom is 0.223 e. The van der Waals surface area contributed by atoms with Gasteiger partial charge in [-0.25, -0.2) is 15.8 Å². The van der Waals surface area contributed by atoms with E-state index >= 15 is 0 Å². The first kappa shape index (κ1) is 11.3. The molecule has 8 heteroatoms. The molecule has 90 valence electrons. The van der Waals surface area contributed by atoms with E-state index in [2.05, 4.69) is 30.9 Å². The molecule has 0 bridgehead atoms. The van der Waals surface area contributed by atoms with Crippen LogP contribution in [-0.2, 0) is 6.54 Å². The zero-order valence-electron chi connectivity index (χ0n) is 9.56. The average Bonchev–Trinajstić information content (AvgIpc) is 2.74. The van der Waals surface area contributed by atoms with Crippen LogP contribution in [-0.4, -0.2) is 20.1 Å².